The largest absolute Gasteiger partial charge is 0.494 e. The predicted molar refractivity (Wildman–Crippen MR) is 78.7 cm³/mol. The summed E-state index contributed by atoms with van der Waals surface area (Å²) in [6.45, 7) is 8.15. The maximum atomic E-state index is 5.87. The maximum Gasteiger partial charge on any atom is 0.134 e. The highest BCUT2D eigenvalue weighted by Gasteiger charge is 2.11. The molecule has 0 saturated carbocycles. The summed E-state index contributed by atoms with van der Waals surface area (Å²) in [6, 6.07) is 8.34. The lowest BCUT2D eigenvalue weighted by molar-refractivity contribution is 0.318. The van der Waals surface area contributed by atoms with E-state index in [-0.39, 0.29) is 6.04 Å². The van der Waals surface area contributed by atoms with E-state index in [1.165, 1.54) is 0 Å². The van der Waals surface area contributed by atoms with E-state index in [2.05, 4.69) is 32.2 Å². The Morgan fingerprint density at radius 3 is 2.79 bits per heavy atom. The van der Waals surface area contributed by atoms with E-state index in [0.717, 1.165) is 48.5 Å². The topological polar surface area (TPSA) is 34.4 Å². The molecule has 1 atom stereocenters. The molecule has 104 valence electrons. The fraction of sp³-hybridized carbons (Fsp3) is 0.500. The molecule has 0 saturated heterocycles. The molecule has 1 aromatic carbocycles. The van der Waals surface area contributed by atoms with Crippen LogP contribution in [0.1, 0.15) is 45.4 Å². The van der Waals surface area contributed by atoms with Crippen molar-refractivity contribution in [1.82, 2.24) is 5.32 Å². The molecule has 0 spiro atoms. The van der Waals surface area contributed by atoms with Crippen LogP contribution in [-0.4, -0.2) is 13.2 Å². The lowest BCUT2D eigenvalue weighted by Crippen LogP contribution is -2.18. The Bertz CT molecular complexity index is 518. The minimum Gasteiger partial charge on any atom is -0.494 e. The number of ether oxygens (including phenoxy) is 1. The van der Waals surface area contributed by atoms with Gasteiger partial charge in [0, 0.05) is 5.39 Å². The Morgan fingerprint density at radius 1 is 1.21 bits per heavy atom. The smallest absolute Gasteiger partial charge is 0.134 e. The average molecular weight is 261 g/mol. The third-order valence-corrected chi connectivity index (χ3v) is 3.11. The van der Waals surface area contributed by atoms with Crippen LogP contribution in [0.3, 0.4) is 0 Å². The van der Waals surface area contributed by atoms with Crippen LogP contribution in [-0.2, 0) is 0 Å². The van der Waals surface area contributed by atoms with E-state index in [4.69, 9.17) is 9.15 Å². The zero-order valence-electron chi connectivity index (χ0n) is 12.0. The molecular formula is C16H23NO2. The summed E-state index contributed by atoms with van der Waals surface area (Å²) in [7, 11) is 0. The molecule has 0 bridgehead atoms. The Morgan fingerprint density at radius 2 is 2.05 bits per heavy atom. The molecule has 0 amide bonds. The van der Waals surface area contributed by atoms with Crippen molar-refractivity contribution in [2.75, 3.05) is 13.2 Å². The highest BCUT2D eigenvalue weighted by atomic mass is 16.5. The number of fused-ring (bicyclic) bond motifs is 1. The molecule has 3 nitrogen and oxygen atoms in total. The lowest BCUT2D eigenvalue weighted by Gasteiger charge is -2.09. The highest BCUT2D eigenvalue weighted by Crippen LogP contribution is 2.27. The van der Waals surface area contributed by atoms with Crippen LogP contribution in [0.15, 0.2) is 28.7 Å². The van der Waals surface area contributed by atoms with Gasteiger partial charge in [0.15, 0.2) is 0 Å². The Balaban J connectivity index is 2.15. The molecule has 3 heteroatoms. The zero-order chi connectivity index (χ0) is 13.7. The highest BCUT2D eigenvalue weighted by molar-refractivity contribution is 5.79. The van der Waals surface area contributed by atoms with Crippen molar-refractivity contribution in [1.29, 1.82) is 0 Å². The van der Waals surface area contributed by atoms with E-state index in [1.807, 2.05) is 18.2 Å². The van der Waals surface area contributed by atoms with Gasteiger partial charge in [-0.15, -0.1) is 0 Å². The van der Waals surface area contributed by atoms with Crippen LogP contribution in [0.25, 0.3) is 11.0 Å². The molecule has 19 heavy (non-hydrogen) atoms. The number of hydrogen-bond acceptors (Lipinski definition) is 3. The Kier molecular flexibility index (Phi) is 4.86. The normalized spacial score (nSPS) is 12.8. The summed E-state index contributed by atoms with van der Waals surface area (Å²) < 4.78 is 11.5. The van der Waals surface area contributed by atoms with Gasteiger partial charge in [-0.25, -0.2) is 0 Å². The van der Waals surface area contributed by atoms with E-state index >= 15 is 0 Å². The van der Waals surface area contributed by atoms with Crippen LogP contribution in [0.5, 0.6) is 5.75 Å². The number of hydrogen-bond donors (Lipinski definition) is 1. The van der Waals surface area contributed by atoms with Gasteiger partial charge in [-0.2, -0.15) is 0 Å². The Labute approximate surface area is 114 Å². The molecule has 1 heterocycles. The summed E-state index contributed by atoms with van der Waals surface area (Å²) in [5.41, 5.74) is 0.920. The molecule has 1 unspecified atom stereocenters. The zero-order valence-corrected chi connectivity index (χ0v) is 12.0. The summed E-state index contributed by atoms with van der Waals surface area (Å²) in [5, 5.41) is 4.54. The van der Waals surface area contributed by atoms with Crippen LogP contribution < -0.4 is 10.1 Å². The minimum absolute atomic E-state index is 0.243. The number of furan rings is 1. The molecule has 1 N–H and O–H groups in total. The fourth-order valence-electron chi connectivity index (χ4n) is 2.03. The van der Waals surface area contributed by atoms with Crippen molar-refractivity contribution in [3.8, 4) is 5.75 Å². The van der Waals surface area contributed by atoms with Crippen LogP contribution in [0, 0.1) is 0 Å². The minimum atomic E-state index is 0.243. The second-order valence-corrected chi connectivity index (χ2v) is 4.87. The van der Waals surface area contributed by atoms with Gasteiger partial charge in [-0.05, 0) is 50.6 Å². The van der Waals surface area contributed by atoms with Crippen LogP contribution in [0.4, 0.5) is 0 Å². The van der Waals surface area contributed by atoms with Gasteiger partial charge in [-0.1, -0.05) is 13.8 Å². The third-order valence-electron chi connectivity index (χ3n) is 3.11. The molecule has 1 aromatic heterocycles. The summed E-state index contributed by atoms with van der Waals surface area (Å²) in [4.78, 5) is 0. The van der Waals surface area contributed by atoms with E-state index < -0.39 is 0 Å². The average Bonchev–Trinajstić information content (AvgIpc) is 2.85. The van der Waals surface area contributed by atoms with Crippen molar-refractivity contribution in [3.63, 3.8) is 0 Å². The second-order valence-electron chi connectivity index (χ2n) is 4.87. The molecule has 0 fully saturated rings. The molecular weight excluding hydrogens is 238 g/mol. The van der Waals surface area contributed by atoms with E-state index in [9.17, 15) is 0 Å². The van der Waals surface area contributed by atoms with Crippen molar-refractivity contribution in [2.45, 2.75) is 39.7 Å². The summed E-state index contributed by atoms with van der Waals surface area (Å²) in [5.74, 6) is 1.90. The number of benzene rings is 1. The molecule has 2 aromatic rings. The van der Waals surface area contributed by atoms with Gasteiger partial charge >= 0.3 is 0 Å². The van der Waals surface area contributed by atoms with Gasteiger partial charge in [-0.3, -0.25) is 0 Å². The number of nitrogens with one attached hydrogen (secondary N) is 1. The molecule has 0 aliphatic carbocycles. The van der Waals surface area contributed by atoms with Gasteiger partial charge in [0.05, 0.1) is 12.6 Å². The SMILES string of the molecule is CCCNC(C)c1cc2cc(OCCC)ccc2o1. The molecule has 0 aliphatic heterocycles. The van der Waals surface area contributed by atoms with Gasteiger partial charge < -0.3 is 14.5 Å². The van der Waals surface area contributed by atoms with Crippen molar-refractivity contribution >= 4 is 11.0 Å². The monoisotopic (exact) mass is 261 g/mol. The van der Waals surface area contributed by atoms with Gasteiger partial charge in [0.25, 0.3) is 0 Å². The first-order valence-electron chi connectivity index (χ1n) is 7.14. The maximum absolute atomic E-state index is 5.87. The first kappa shape index (κ1) is 13.9. The third kappa shape index (κ3) is 3.51. The second kappa shape index (κ2) is 6.62. The van der Waals surface area contributed by atoms with Crippen LogP contribution in [0.2, 0.25) is 0 Å². The van der Waals surface area contributed by atoms with E-state index in [0.29, 0.717) is 0 Å². The Hall–Kier alpha value is -1.48. The van der Waals surface area contributed by atoms with Gasteiger partial charge in [0.1, 0.15) is 17.1 Å². The quantitative estimate of drug-likeness (QED) is 0.807. The van der Waals surface area contributed by atoms with Crippen molar-refractivity contribution in [2.24, 2.45) is 0 Å². The number of rotatable bonds is 7. The summed E-state index contributed by atoms with van der Waals surface area (Å²) >= 11 is 0. The first-order chi connectivity index (χ1) is 9.24. The van der Waals surface area contributed by atoms with Crippen molar-refractivity contribution < 1.29 is 9.15 Å². The summed E-state index contributed by atoms with van der Waals surface area (Å²) in [6.07, 6.45) is 2.15. The first-order valence-corrected chi connectivity index (χ1v) is 7.14. The molecule has 2 rings (SSSR count). The molecule has 0 radical (unpaired) electrons. The standard InChI is InChI=1S/C16H23NO2/c1-4-8-17-12(3)16-11-13-10-14(18-9-5-2)6-7-15(13)19-16/h6-7,10-12,17H,4-5,8-9H2,1-3H3. The lowest BCUT2D eigenvalue weighted by atomic mass is 10.2. The van der Waals surface area contributed by atoms with Crippen LogP contribution >= 0.6 is 0 Å². The fourth-order valence-corrected chi connectivity index (χ4v) is 2.03. The predicted octanol–water partition coefficient (Wildman–Crippen LogP) is 4.28. The van der Waals surface area contributed by atoms with Gasteiger partial charge in [0.2, 0.25) is 0 Å². The van der Waals surface area contributed by atoms with E-state index in [1.54, 1.807) is 0 Å². The molecule has 0 aliphatic rings. The van der Waals surface area contributed by atoms with Crippen molar-refractivity contribution in [3.05, 3.63) is 30.0 Å².